The summed E-state index contributed by atoms with van der Waals surface area (Å²) < 4.78 is 0. The van der Waals surface area contributed by atoms with Crippen molar-refractivity contribution in [1.82, 2.24) is 0 Å². The Kier molecular flexibility index (Phi) is 4.18. The smallest absolute Gasteiger partial charge is 0.280 e. The van der Waals surface area contributed by atoms with E-state index in [1.54, 1.807) is 13.0 Å². The minimum Gasteiger partial charge on any atom is -0.545 e. The highest BCUT2D eigenvalue weighted by molar-refractivity contribution is 6.34. The number of anilines is 1. The zero-order valence-electron chi connectivity index (χ0n) is 12.7. The zero-order valence-corrected chi connectivity index (χ0v) is 13.4. The van der Waals surface area contributed by atoms with Crippen molar-refractivity contribution < 1.29 is 14.7 Å². The van der Waals surface area contributed by atoms with Gasteiger partial charge in [-0.1, -0.05) is 41.9 Å². The number of carboxylic acid groups (broad SMARTS) is 1. The lowest BCUT2D eigenvalue weighted by molar-refractivity contribution is -0.255. The van der Waals surface area contributed by atoms with Crippen LogP contribution in [-0.2, 0) is 4.79 Å². The van der Waals surface area contributed by atoms with Crippen LogP contribution in [0.25, 0.3) is 6.08 Å². The third-order valence-electron chi connectivity index (χ3n) is 3.59. The first-order valence-electron chi connectivity index (χ1n) is 7.15. The maximum atomic E-state index is 12.6. The molecule has 2 aromatic carbocycles. The third kappa shape index (κ3) is 2.94. The third-order valence-corrected chi connectivity index (χ3v) is 3.92. The number of hydrazone groups is 1. The monoisotopic (exact) mass is 339 g/mol. The van der Waals surface area contributed by atoms with Crippen molar-refractivity contribution in [2.24, 2.45) is 5.10 Å². The lowest BCUT2D eigenvalue weighted by Gasteiger charge is -2.14. The SMILES string of the molecule is CC1=NN(c2ccc(Cl)c(C(=O)[O-])c2)C(=O)/C1=C\c1ccccc1. The van der Waals surface area contributed by atoms with Crippen LogP contribution in [-0.4, -0.2) is 17.6 Å². The quantitative estimate of drug-likeness (QED) is 0.806. The van der Waals surface area contributed by atoms with E-state index in [0.29, 0.717) is 17.0 Å². The molecule has 0 saturated carbocycles. The minimum absolute atomic E-state index is 0.0474. The first-order chi connectivity index (χ1) is 11.5. The van der Waals surface area contributed by atoms with Gasteiger partial charge in [-0.25, -0.2) is 0 Å². The molecule has 1 amide bonds. The van der Waals surface area contributed by atoms with Gasteiger partial charge in [0, 0.05) is 10.6 Å². The molecular formula is C18H12ClN2O3-. The number of benzene rings is 2. The minimum atomic E-state index is -1.41. The van der Waals surface area contributed by atoms with Crippen molar-refractivity contribution in [3.63, 3.8) is 0 Å². The highest BCUT2D eigenvalue weighted by Gasteiger charge is 2.29. The van der Waals surface area contributed by atoms with Gasteiger partial charge in [0.25, 0.3) is 5.91 Å². The Hall–Kier alpha value is -2.92. The summed E-state index contributed by atoms with van der Waals surface area (Å²) in [5.74, 6) is -1.74. The molecule has 0 radical (unpaired) electrons. The van der Waals surface area contributed by atoms with E-state index >= 15 is 0 Å². The summed E-state index contributed by atoms with van der Waals surface area (Å²) in [5.41, 5.74) is 2.01. The zero-order chi connectivity index (χ0) is 17.3. The molecule has 0 unspecified atom stereocenters. The second-order valence-corrected chi connectivity index (χ2v) is 5.63. The molecule has 0 atom stereocenters. The van der Waals surface area contributed by atoms with Gasteiger partial charge >= 0.3 is 0 Å². The summed E-state index contributed by atoms with van der Waals surface area (Å²) in [6, 6.07) is 13.6. The van der Waals surface area contributed by atoms with Crippen LogP contribution in [0, 0.1) is 0 Å². The van der Waals surface area contributed by atoms with Gasteiger partial charge in [-0.15, -0.1) is 0 Å². The number of aromatic carboxylic acids is 1. The number of halogens is 1. The molecule has 5 nitrogen and oxygen atoms in total. The summed E-state index contributed by atoms with van der Waals surface area (Å²) in [6.07, 6.45) is 1.75. The Morgan fingerprint density at radius 3 is 2.58 bits per heavy atom. The van der Waals surface area contributed by atoms with Crippen LogP contribution < -0.4 is 10.1 Å². The van der Waals surface area contributed by atoms with E-state index in [1.165, 1.54) is 18.2 Å². The normalized spacial score (nSPS) is 15.8. The molecule has 0 spiro atoms. The fourth-order valence-electron chi connectivity index (χ4n) is 2.38. The van der Waals surface area contributed by atoms with E-state index in [4.69, 9.17) is 11.6 Å². The fourth-order valence-corrected chi connectivity index (χ4v) is 2.57. The predicted octanol–water partition coefficient (Wildman–Crippen LogP) is 2.51. The first-order valence-corrected chi connectivity index (χ1v) is 7.53. The van der Waals surface area contributed by atoms with Crippen LogP contribution in [0.3, 0.4) is 0 Å². The van der Waals surface area contributed by atoms with Gasteiger partial charge in [-0.05, 0) is 36.8 Å². The number of rotatable bonds is 3. The number of nitrogens with zero attached hydrogens (tertiary/aromatic N) is 2. The standard InChI is InChI=1S/C18H13ClN2O3/c1-11-14(9-12-5-3-2-4-6-12)17(22)21(20-11)13-7-8-16(19)15(10-13)18(23)24/h2-10H,1H3,(H,23,24)/p-1/b14-9-. The van der Waals surface area contributed by atoms with Crippen LogP contribution in [0.4, 0.5) is 5.69 Å². The van der Waals surface area contributed by atoms with Gasteiger partial charge in [-0.2, -0.15) is 10.1 Å². The van der Waals surface area contributed by atoms with Crippen LogP contribution >= 0.6 is 11.6 Å². The van der Waals surface area contributed by atoms with Crippen molar-refractivity contribution in [3.05, 3.63) is 70.3 Å². The van der Waals surface area contributed by atoms with E-state index in [-0.39, 0.29) is 16.5 Å². The van der Waals surface area contributed by atoms with Gasteiger partial charge in [-0.3, -0.25) is 4.79 Å². The van der Waals surface area contributed by atoms with Crippen LogP contribution in [0.2, 0.25) is 5.02 Å². The largest absolute Gasteiger partial charge is 0.545 e. The number of hydrogen-bond acceptors (Lipinski definition) is 4. The lowest BCUT2D eigenvalue weighted by Crippen LogP contribution is -2.25. The van der Waals surface area contributed by atoms with Crippen molar-refractivity contribution in [2.75, 3.05) is 5.01 Å². The Morgan fingerprint density at radius 1 is 1.21 bits per heavy atom. The van der Waals surface area contributed by atoms with Crippen molar-refractivity contribution >= 4 is 41.0 Å². The average molecular weight is 340 g/mol. The molecule has 0 aromatic heterocycles. The molecule has 2 aromatic rings. The molecule has 24 heavy (non-hydrogen) atoms. The van der Waals surface area contributed by atoms with Gasteiger partial charge in [0.2, 0.25) is 0 Å². The molecule has 0 saturated heterocycles. The van der Waals surface area contributed by atoms with Crippen LogP contribution in [0.5, 0.6) is 0 Å². The van der Waals surface area contributed by atoms with E-state index < -0.39 is 5.97 Å². The van der Waals surface area contributed by atoms with Gasteiger partial charge < -0.3 is 9.90 Å². The average Bonchev–Trinajstić information content (AvgIpc) is 2.84. The Bertz CT molecular complexity index is 888. The van der Waals surface area contributed by atoms with Gasteiger partial charge in [0.1, 0.15) is 0 Å². The molecule has 0 aliphatic carbocycles. The van der Waals surface area contributed by atoms with Crippen LogP contribution in [0.1, 0.15) is 22.8 Å². The molecule has 0 N–H and O–H groups in total. The Balaban J connectivity index is 1.98. The maximum Gasteiger partial charge on any atom is 0.280 e. The summed E-state index contributed by atoms with van der Waals surface area (Å²) in [6.45, 7) is 1.72. The molecule has 6 heteroatoms. The summed E-state index contributed by atoms with van der Waals surface area (Å²) in [7, 11) is 0. The lowest BCUT2D eigenvalue weighted by atomic mass is 10.1. The van der Waals surface area contributed by atoms with Crippen molar-refractivity contribution in [3.8, 4) is 0 Å². The van der Waals surface area contributed by atoms with Crippen molar-refractivity contribution in [2.45, 2.75) is 6.92 Å². The second kappa shape index (κ2) is 6.29. The second-order valence-electron chi connectivity index (χ2n) is 5.22. The highest BCUT2D eigenvalue weighted by atomic mass is 35.5. The van der Waals surface area contributed by atoms with E-state index in [2.05, 4.69) is 5.10 Å². The predicted molar refractivity (Wildman–Crippen MR) is 90.8 cm³/mol. The van der Waals surface area contributed by atoms with E-state index in [0.717, 1.165) is 10.6 Å². The maximum absolute atomic E-state index is 12.6. The summed E-state index contributed by atoms with van der Waals surface area (Å²) >= 11 is 5.83. The molecule has 1 aliphatic rings. The molecule has 120 valence electrons. The number of carbonyl (C=O) groups is 2. The summed E-state index contributed by atoms with van der Waals surface area (Å²) in [5, 5.41) is 16.5. The Labute approximate surface area is 143 Å². The first kappa shape index (κ1) is 16.0. The molecule has 0 bridgehead atoms. The number of carboxylic acids is 1. The fraction of sp³-hybridized carbons (Fsp3) is 0.0556. The molecule has 0 fully saturated rings. The molecule has 1 heterocycles. The Morgan fingerprint density at radius 2 is 1.92 bits per heavy atom. The number of carbonyl (C=O) groups excluding carboxylic acids is 2. The van der Waals surface area contributed by atoms with Gasteiger partial charge in [0.15, 0.2) is 0 Å². The van der Waals surface area contributed by atoms with Crippen LogP contribution in [0.15, 0.2) is 59.2 Å². The highest BCUT2D eigenvalue weighted by Crippen LogP contribution is 2.28. The van der Waals surface area contributed by atoms with E-state index in [9.17, 15) is 14.7 Å². The van der Waals surface area contributed by atoms with Gasteiger partial charge in [0.05, 0.1) is 22.9 Å². The molecular weight excluding hydrogens is 328 g/mol. The summed E-state index contributed by atoms with van der Waals surface area (Å²) in [4.78, 5) is 23.7. The topological polar surface area (TPSA) is 72.8 Å². The number of hydrogen-bond donors (Lipinski definition) is 0. The number of amides is 1. The van der Waals surface area contributed by atoms with E-state index in [1.807, 2.05) is 30.3 Å². The molecule has 3 rings (SSSR count). The molecule has 1 aliphatic heterocycles. The van der Waals surface area contributed by atoms with Crippen molar-refractivity contribution in [1.29, 1.82) is 0 Å².